The molecule has 0 fully saturated rings. The molecule has 3 N–H and O–H groups in total. The molecular weight excluding hydrogens is 203 g/mol. The number of hydrogen-bond acceptors (Lipinski definition) is 2. The third-order valence-electron chi connectivity index (χ3n) is 2.61. The Balaban J connectivity index is 2.72. The number of benzene rings is 1. The number of hydrogen-bond donors (Lipinski definition) is 2. The minimum atomic E-state index is -0.220. The van der Waals surface area contributed by atoms with Crippen molar-refractivity contribution in [3.8, 4) is 0 Å². The van der Waals surface area contributed by atoms with E-state index in [-0.39, 0.29) is 11.4 Å². The molecule has 0 aromatic heterocycles. The van der Waals surface area contributed by atoms with E-state index in [0.717, 1.165) is 5.56 Å². The van der Waals surface area contributed by atoms with Gasteiger partial charge in [0.15, 0.2) is 0 Å². The zero-order valence-electron chi connectivity index (χ0n) is 9.67. The fourth-order valence-corrected chi connectivity index (χ4v) is 1.62. The molecule has 1 rings (SSSR count). The van der Waals surface area contributed by atoms with Crippen LogP contribution in [0.15, 0.2) is 36.9 Å². The van der Waals surface area contributed by atoms with Gasteiger partial charge in [0.05, 0.1) is 0 Å². The Morgan fingerprint density at radius 3 is 2.88 bits per heavy atom. The summed E-state index contributed by atoms with van der Waals surface area (Å²) in [5.74, 6) is -0.208. The molecule has 0 heterocycles. The van der Waals surface area contributed by atoms with Crippen molar-refractivity contribution >= 4 is 0 Å². The zero-order valence-corrected chi connectivity index (χ0v) is 9.67. The molecule has 0 aliphatic carbocycles. The van der Waals surface area contributed by atoms with E-state index in [2.05, 4.69) is 11.9 Å². The third kappa shape index (κ3) is 3.76. The highest BCUT2D eigenvalue weighted by atomic mass is 19.1. The summed E-state index contributed by atoms with van der Waals surface area (Å²) >= 11 is 0. The Bertz CT molecular complexity index is 352. The molecule has 1 aromatic carbocycles. The lowest BCUT2D eigenvalue weighted by atomic mass is 9.93. The Morgan fingerprint density at radius 1 is 1.56 bits per heavy atom. The van der Waals surface area contributed by atoms with E-state index >= 15 is 0 Å². The van der Waals surface area contributed by atoms with Crippen LogP contribution in [0.5, 0.6) is 0 Å². The largest absolute Gasteiger partial charge is 0.329 e. The van der Waals surface area contributed by atoms with Gasteiger partial charge in [0.1, 0.15) is 5.82 Å². The zero-order chi connectivity index (χ0) is 12.0. The summed E-state index contributed by atoms with van der Waals surface area (Å²) in [7, 11) is 0. The first kappa shape index (κ1) is 12.9. The summed E-state index contributed by atoms with van der Waals surface area (Å²) in [4.78, 5) is 0. The van der Waals surface area contributed by atoms with E-state index < -0.39 is 0 Å². The van der Waals surface area contributed by atoms with Gasteiger partial charge in [0.25, 0.3) is 0 Å². The Morgan fingerprint density at radius 2 is 2.31 bits per heavy atom. The van der Waals surface area contributed by atoms with Crippen molar-refractivity contribution < 1.29 is 4.39 Å². The van der Waals surface area contributed by atoms with Crippen molar-refractivity contribution in [2.75, 3.05) is 13.1 Å². The molecule has 3 heteroatoms. The van der Waals surface area contributed by atoms with Gasteiger partial charge in [-0.2, -0.15) is 0 Å². The minimum absolute atomic E-state index is 0.208. The molecule has 0 spiro atoms. The molecular formula is C13H19FN2. The lowest BCUT2D eigenvalue weighted by Crippen LogP contribution is -2.50. The molecule has 16 heavy (non-hydrogen) atoms. The SMILES string of the molecule is C=CCNC(C)(CN)Cc1cccc(F)c1. The highest BCUT2D eigenvalue weighted by Crippen LogP contribution is 2.13. The van der Waals surface area contributed by atoms with Crippen molar-refractivity contribution in [1.82, 2.24) is 5.32 Å². The van der Waals surface area contributed by atoms with Crippen molar-refractivity contribution in [1.29, 1.82) is 0 Å². The monoisotopic (exact) mass is 222 g/mol. The highest BCUT2D eigenvalue weighted by Gasteiger charge is 2.21. The summed E-state index contributed by atoms with van der Waals surface area (Å²) in [6.07, 6.45) is 2.49. The van der Waals surface area contributed by atoms with Crippen molar-refractivity contribution in [3.05, 3.63) is 48.3 Å². The maximum absolute atomic E-state index is 13.0. The predicted octanol–water partition coefficient (Wildman–Crippen LogP) is 1.86. The number of halogens is 1. The summed E-state index contributed by atoms with van der Waals surface area (Å²) in [5, 5.41) is 3.30. The second kappa shape index (κ2) is 5.77. The molecule has 1 atom stereocenters. The fraction of sp³-hybridized carbons (Fsp3) is 0.385. The summed E-state index contributed by atoms with van der Waals surface area (Å²) in [6, 6.07) is 6.62. The van der Waals surface area contributed by atoms with Crippen LogP contribution in [-0.2, 0) is 6.42 Å². The number of nitrogens with one attached hydrogen (secondary N) is 1. The summed E-state index contributed by atoms with van der Waals surface area (Å²) in [6.45, 7) is 6.88. The normalized spacial score (nSPS) is 14.4. The Labute approximate surface area is 96.4 Å². The number of nitrogens with two attached hydrogens (primary N) is 1. The topological polar surface area (TPSA) is 38.0 Å². The van der Waals surface area contributed by atoms with E-state index in [9.17, 15) is 4.39 Å². The molecule has 1 aromatic rings. The fourth-order valence-electron chi connectivity index (χ4n) is 1.62. The maximum Gasteiger partial charge on any atom is 0.123 e. The van der Waals surface area contributed by atoms with E-state index in [0.29, 0.717) is 19.5 Å². The molecule has 0 bridgehead atoms. The van der Waals surface area contributed by atoms with Gasteiger partial charge in [-0.1, -0.05) is 18.2 Å². The van der Waals surface area contributed by atoms with Crippen LogP contribution >= 0.6 is 0 Å². The van der Waals surface area contributed by atoms with Crippen molar-refractivity contribution in [2.45, 2.75) is 18.9 Å². The van der Waals surface area contributed by atoms with Gasteiger partial charge in [0.2, 0.25) is 0 Å². The average Bonchev–Trinajstić information content (AvgIpc) is 2.26. The van der Waals surface area contributed by atoms with Crippen LogP contribution in [0, 0.1) is 5.82 Å². The lowest BCUT2D eigenvalue weighted by molar-refractivity contribution is 0.377. The quantitative estimate of drug-likeness (QED) is 0.721. The van der Waals surface area contributed by atoms with Gasteiger partial charge >= 0.3 is 0 Å². The first-order valence-corrected chi connectivity index (χ1v) is 5.40. The summed E-state index contributed by atoms with van der Waals surface area (Å²) < 4.78 is 13.0. The lowest BCUT2D eigenvalue weighted by Gasteiger charge is -2.29. The van der Waals surface area contributed by atoms with Gasteiger partial charge in [-0.05, 0) is 31.0 Å². The van der Waals surface area contributed by atoms with E-state index in [4.69, 9.17) is 5.73 Å². The Hall–Kier alpha value is -1.19. The molecule has 0 aliphatic heterocycles. The molecule has 0 amide bonds. The van der Waals surface area contributed by atoms with Gasteiger partial charge in [0, 0.05) is 18.6 Å². The Kier molecular flexibility index (Phi) is 4.65. The van der Waals surface area contributed by atoms with E-state index in [1.807, 2.05) is 13.0 Å². The minimum Gasteiger partial charge on any atom is -0.329 e. The molecule has 0 radical (unpaired) electrons. The maximum atomic E-state index is 13.0. The van der Waals surface area contributed by atoms with Crippen molar-refractivity contribution in [3.63, 3.8) is 0 Å². The van der Waals surface area contributed by atoms with Crippen LogP contribution < -0.4 is 11.1 Å². The van der Waals surface area contributed by atoms with Crippen molar-refractivity contribution in [2.24, 2.45) is 5.73 Å². The van der Waals surface area contributed by atoms with Crippen LogP contribution in [0.25, 0.3) is 0 Å². The first-order chi connectivity index (χ1) is 7.59. The molecule has 0 saturated carbocycles. The van der Waals surface area contributed by atoms with Gasteiger partial charge in [-0.25, -0.2) is 4.39 Å². The van der Waals surface area contributed by atoms with Gasteiger partial charge < -0.3 is 11.1 Å². The summed E-state index contributed by atoms with van der Waals surface area (Å²) in [5.41, 5.74) is 6.47. The van der Waals surface area contributed by atoms with Crippen LogP contribution in [0.4, 0.5) is 4.39 Å². The smallest absolute Gasteiger partial charge is 0.123 e. The van der Waals surface area contributed by atoms with Crippen LogP contribution in [0.1, 0.15) is 12.5 Å². The van der Waals surface area contributed by atoms with Crippen LogP contribution in [0.3, 0.4) is 0 Å². The second-order valence-electron chi connectivity index (χ2n) is 4.24. The van der Waals surface area contributed by atoms with Crippen LogP contribution in [-0.4, -0.2) is 18.6 Å². The molecule has 1 unspecified atom stereocenters. The average molecular weight is 222 g/mol. The standard InChI is InChI=1S/C13H19FN2/c1-3-7-16-13(2,10-15)9-11-5-4-6-12(14)8-11/h3-6,8,16H,1,7,9-10,15H2,2H3. The second-order valence-corrected chi connectivity index (χ2v) is 4.24. The van der Waals surface area contributed by atoms with E-state index in [1.165, 1.54) is 6.07 Å². The molecule has 0 saturated heterocycles. The third-order valence-corrected chi connectivity index (χ3v) is 2.61. The molecule has 2 nitrogen and oxygen atoms in total. The number of rotatable bonds is 6. The highest BCUT2D eigenvalue weighted by molar-refractivity contribution is 5.19. The van der Waals surface area contributed by atoms with Crippen LogP contribution in [0.2, 0.25) is 0 Å². The predicted molar refractivity (Wildman–Crippen MR) is 65.8 cm³/mol. The first-order valence-electron chi connectivity index (χ1n) is 5.40. The molecule has 88 valence electrons. The van der Waals surface area contributed by atoms with Gasteiger partial charge in [-0.3, -0.25) is 0 Å². The van der Waals surface area contributed by atoms with E-state index in [1.54, 1.807) is 18.2 Å². The van der Waals surface area contributed by atoms with Gasteiger partial charge in [-0.15, -0.1) is 6.58 Å². The molecule has 0 aliphatic rings.